The lowest BCUT2D eigenvalue weighted by Crippen LogP contribution is -2.31. The molecule has 0 saturated carbocycles. The second-order valence-electron chi connectivity index (χ2n) is 5.23. The average molecular weight is 423 g/mol. The number of aromatic nitrogens is 5. The molecule has 0 radical (unpaired) electrons. The van der Waals surface area contributed by atoms with Crippen molar-refractivity contribution < 1.29 is 0 Å². The van der Waals surface area contributed by atoms with Crippen LogP contribution in [0.3, 0.4) is 0 Å². The number of hydrogen-bond donors (Lipinski definition) is 1. The van der Waals surface area contributed by atoms with Crippen LogP contribution in [0.5, 0.6) is 0 Å². The van der Waals surface area contributed by atoms with Crippen molar-refractivity contribution in [2.75, 3.05) is 0 Å². The van der Waals surface area contributed by atoms with Gasteiger partial charge < -0.3 is 0 Å². The Morgan fingerprint density at radius 1 is 1.13 bits per heavy atom. The number of aromatic amines is 1. The molecule has 0 aliphatic heterocycles. The fraction of sp³-hybridized carbons (Fsp3) is 0.200. The van der Waals surface area contributed by atoms with Gasteiger partial charge >= 0.3 is 5.69 Å². The molecule has 0 spiro atoms. The highest BCUT2D eigenvalue weighted by Gasteiger charge is 2.06. The Labute approximate surface area is 145 Å². The van der Waals surface area contributed by atoms with E-state index in [0.29, 0.717) is 17.8 Å². The summed E-state index contributed by atoms with van der Waals surface area (Å²) in [6.07, 6.45) is 3.32. The maximum absolute atomic E-state index is 11.8. The zero-order valence-corrected chi connectivity index (χ0v) is 14.5. The Balaban J connectivity index is 1.77. The third-order valence-corrected chi connectivity index (χ3v) is 4.08. The standard InChI is InChI=1S/C15H14IN5O2/c1-10-6-20(15(23)17-14(10)22)8-13-9-21(19-18-13)7-11-2-4-12(16)5-3-11/h2-6,9H,7-8H2,1H3,(H,17,22,23). The molecule has 0 bridgehead atoms. The Morgan fingerprint density at radius 2 is 1.87 bits per heavy atom. The second-order valence-corrected chi connectivity index (χ2v) is 6.48. The lowest BCUT2D eigenvalue weighted by Gasteiger charge is -2.03. The quantitative estimate of drug-likeness (QED) is 0.638. The Hall–Kier alpha value is -2.23. The molecule has 0 amide bonds. The number of benzene rings is 1. The number of rotatable bonds is 4. The van der Waals surface area contributed by atoms with E-state index in [4.69, 9.17) is 0 Å². The molecule has 1 aromatic carbocycles. The molecule has 0 aliphatic rings. The van der Waals surface area contributed by atoms with Crippen LogP contribution in [0.15, 0.2) is 46.2 Å². The van der Waals surface area contributed by atoms with Crippen LogP contribution in [0.4, 0.5) is 0 Å². The van der Waals surface area contributed by atoms with E-state index in [1.165, 1.54) is 14.3 Å². The molecule has 0 unspecified atom stereocenters. The van der Waals surface area contributed by atoms with Gasteiger partial charge in [-0.2, -0.15) is 0 Å². The predicted octanol–water partition coefficient (Wildman–Crippen LogP) is 1.14. The normalized spacial score (nSPS) is 10.9. The molecule has 8 heteroatoms. The number of hydrogen-bond acceptors (Lipinski definition) is 4. The van der Waals surface area contributed by atoms with Crippen LogP contribution < -0.4 is 11.2 Å². The molecular formula is C15H14IN5O2. The summed E-state index contributed by atoms with van der Waals surface area (Å²) in [7, 11) is 0. The number of nitrogens with zero attached hydrogens (tertiary/aromatic N) is 4. The third kappa shape index (κ3) is 3.76. The van der Waals surface area contributed by atoms with Crippen LogP contribution in [-0.4, -0.2) is 24.5 Å². The van der Waals surface area contributed by atoms with Gasteiger partial charge in [0.2, 0.25) is 0 Å². The van der Waals surface area contributed by atoms with Crippen molar-refractivity contribution in [1.82, 2.24) is 24.5 Å². The molecule has 0 saturated heterocycles. The van der Waals surface area contributed by atoms with Gasteiger partial charge in [-0.1, -0.05) is 17.3 Å². The fourth-order valence-corrected chi connectivity index (χ4v) is 2.54. The zero-order valence-electron chi connectivity index (χ0n) is 12.4. The highest BCUT2D eigenvalue weighted by molar-refractivity contribution is 14.1. The van der Waals surface area contributed by atoms with E-state index in [9.17, 15) is 9.59 Å². The van der Waals surface area contributed by atoms with Crippen LogP contribution >= 0.6 is 22.6 Å². The molecule has 3 rings (SSSR count). The summed E-state index contributed by atoms with van der Waals surface area (Å²) in [6.45, 7) is 2.54. The number of halogens is 1. The number of aryl methyl sites for hydroxylation is 1. The first-order chi connectivity index (χ1) is 11.0. The molecule has 7 nitrogen and oxygen atoms in total. The SMILES string of the molecule is Cc1cn(Cc2cn(Cc3ccc(I)cc3)nn2)c(=O)[nH]c1=O. The Morgan fingerprint density at radius 3 is 2.61 bits per heavy atom. The molecule has 23 heavy (non-hydrogen) atoms. The predicted molar refractivity (Wildman–Crippen MR) is 93.4 cm³/mol. The Kier molecular flexibility index (Phi) is 4.42. The molecule has 0 atom stereocenters. The van der Waals surface area contributed by atoms with Gasteiger partial charge in [-0.05, 0) is 47.2 Å². The van der Waals surface area contributed by atoms with Crippen molar-refractivity contribution in [2.24, 2.45) is 0 Å². The van der Waals surface area contributed by atoms with Crippen LogP contribution in [0.25, 0.3) is 0 Å². The van der Waals surface area contributed by atoms with E-state index in [1.54, 1.807) is 17.8 Å². The third-order valence-electron chi connectivity index (χ3n) is 3.37. The molecule has 118 valence electrons. The van der Waals surface area contributed by atoms with Crippen molar-refractivity contribution >= 4 is 22.6 Å². The average Bonchev–Trinajstić information content (AvgIpc) is 2.94. The maximum atomic E-state index is 11.8. The monoisotopic (exact) mass is 423 g/mol. The highest BCUT2D eigenvalue weighted by Crippen LogP contribution is 2.08. The van der Waals surface area contributed by atoms with Gasteiger partial charge in [-0.3, -0.25) is 14.3 Å². The van der Waals surface area contributed by atoms with E-state index >= 15 is 0 Å². The molecule has 2 heterocycles. The van der Waals surface area contributed by atoms with Gasteiger partial charge in [0.1, 0.15) is 5.69 Å². The summed E-state index contributed by atoms with van der Waals surface area (Å²) in [6, 6.07) is 8.16. The first-order valence-electron chi connectivity index (χ1n) is 6.95. The minimum atomic E-state index is -0.451. The molecule has 0 fully saturated rings. The summed E-state index contributed by atoms with van der Waals surface area (Å²) in [5, 5.41) is 8.16. The zero-order chi connectivity index (χ0) is 16.4. The van der Waals surface area contributed by atoms with Gasteiger partial charge in [0.25, 0.3) is 5.56 Å². The second kappa shape index (κ2) is 6.49. The molecular weight excluding hydrogens is 409 g/mol. The van der Waals surface area contributed by atoms with Crippen LogP contribution in [-0.2, 0) is 13.1 Å². The minimum absolute atomic E-state index is 0.267. The van der Waals surface area contributed by atoms with Gasteiger partial charge in [0.05, 0.1) is 19.3 Å². The maximum Gasteiger partial charge on any atom is 0.328 e. The number of H-pyrrole nitrogens is 1. The van der Waals surface area contributed by atoms with Gasteiger partial charge in [0, 0.05) is 15.3 Å². The number of nitrogens with one attached hydrogen (secondary N) is 1. The first kappa shape index (κ1) is 15.7. The van der Waals surface area contributed by atoms with Crippen molar-refractivity contribution in [3.63, 3.8) is 0 Å². The molecule has 0 aliphatic carbocycles. The molecule has 2 aromatic heterocycles. The fourth-order valence-electron chi connectivity index (χ4n) is 2.18. The van der Waals surface area contributed by atoms with Crippen LogP contribution in [0, 0.1) is 10.5 Å². The van der Waals surface area contributed by atoms with E-state index < -0.39 is 5.69 Å². The van der Waals surface area contributed by atoms with E-state index in [2.05, 4.69) is 37.9 Å². The highest BCUT2D eigenvalue weighted by atomic mass is 127. The summed E-state index contributed by atoms with van der Waals surface area (Å²) in [5.41, 5.74) is 1.44. The minimum Gasteiger partial charge on any atom is -0.294 e. The van der Waals surface area contributed by atoms with Crippen molar-refractivity contribution in [1.29, 1.82) is 0 Å². The van der Waals surface area contributed by atoms with Gasteiger partial charge in [-0.25, -0.2) is 9.48 Å². The lowest BCUT2D eigenvalue weighted by molar-refractivity contribution is 0.647. The van der Waals surface area contributed by atoms with Crippen LogP contribution in [0.2, 0.25) is 0 Å². The van der Waals surface area contributed by atoms with Gasteiger partial charge in [-0.15, -0.1) is 5.10 Å². The van der Waals surface area contributed by atoms with Crippen LogP contribution in [0.1, 0.15) is 16.8 Å². The summed E-state index contributed by atoms with van der Waals surface area (Å²) < 4.78 is 4.32. The summed E-state index contributed by atoms with van der Waals surface area (Å²) in [4.78, 5) is 25.4. The molecule has 3 aromatic rings. The summed E-state index contributed by atoms with van der Waals surface area (Å²) >= 11 is 2.26. The molecule has 1 N–H and O–H groups in total. The van der Waals surface area contributed by atoms with Gasteiger partial charge in [0.15, 0.2) is 0 Å². The largest absolute Gasteiger partial charge is 0.328 e. The van der Waals surface area contributed by atoms with E-state index in [-0.39, 0.29) is 12.1 Å². The first-order valence-corrected chi connectivity index (χ1v) is 8.03. The Bertz CT molecular complexity index is 939. The van der Waals surface area contributed by atoms with Crippen molar-refractivity contribution in [2.45, 2.75) is 20.0 Å². The smallest absolute Gasteiger partial charge is 0.294 e. The van der Waals surface area contributed by atoms with Crippen molar-refractivity contribution in [3.05, 3.63) is 77.9 Å². The van der Waals surface area contributed by atoms with E-state index in [1.807, 2.05) is 24.3 Å². The lowest BCUT2D eigenvalue weighted by atomic mass is 10.2. The summed E-state index contributed by atoms with van der Waals surface area (Å²) in [5.74, 6) is 0. The topological polar surface area (TPSA) is 85.6 Å². The van der Waals surface area contributed by atoms with Crippen molar-refractivity contribution in [3.8, 4) is 0 Å². The van der Waals surface area contributed by atoms with E-state index in [0.717, 1.165) is 5.56 Å².